The topological polar surface area (TPSA) is 62.1 Å². The van der Waals surface area contributed by atoms with Crippen LogP contribution in [-0.4, -0.2) is 19.1 Å². The fourth-order valence-electron chi connectivity index (χ4n) is 1.60. The molecule has 1 aromatic rings. The molecule has 0 aliphatic rings. The molecular formula is C14H16N2O2. The second-order valence-corrected chi connectivity index (χ2v) is 3.89. The number of rotatable bonds is 5. The molecule has 0 radical (unpaired) electrons. The Hall–Kier alpha value is -2.12. The maximum Gasteiger partial charge on any atom is 0.322 e. The maximum atomic E-state index is 11.4. The number of benzene rings is 1. The molecule has 4 heteroatoms. The van der Waals surface area contributed by atoms with Gasteiger partial charge < -0.3 is 4.74 Å². The first-order valence-corrected chi connectivity index (χ1v) is 5.58. The van der Waals surface area contributed by atoms with Crippen LogP contribution in [0.25, 0.3) is 0 Å². The normalized spacial score (nSPS) is 13.2. The van der Waals surface area contributed by atoms with Crippen molar-refractivity contribution in [2.75, 3.05) is 7.11 Å². The standard InChI is InChI=1S/C14H16N2O2/c1-10(9-15)13(12-7-5-4-6-8-12)16-11(2)14(17)18-3/h4-8,11,13,16H,1H2,2-3H3/t11-,13?/m0/s1. The van der Waals surface area contributed by atoms with Crippen molar-refractivity contribution in [3.8, 4) is 6.07 Å². The highest BCUT2D eigenvalue weighted by Crippen LogP contribution is 2.20. The van der Waals surface area contributed by atoms with Crippen molar-refractivity contribution in [2.24, 2.45) is 0 Å². The monoisotopic (exact) mass is 244 g/mol. The van der Waals surface area contributed by atoms with Gasteiger partial charge in [-0.1, -0.05) is 36.9 Å². The fraction of sp³-hybridized carbons (Fsp3) is 0.286. The molecule has 0 saturated heterocycles. The lowest BCUT2D eigenvalue weighted by atomic mass is 10.00. The molecule has 1 unspecified atom stereocenters. The largest absolute Gasteiger partial charge is 0.468 e. The summed E-state index contributed by atoms with van der Waals surface area (Å²) in [5.74, 6) is -0.373. The van der Waals surface area contributed by atoms with Crippen molar-refractivity contribution in [3.63, 3.8) is 0 Å². The van der Waals surface area contributed by atoms with E-state index in [1.807, 2.05) is 36.4 Å². The third kappa shape index (κ3) is 3.44. The fourth-order valence-corrected chi connectivity index (χ4v) is 1.60. The third-order valence-electron chi connectivity index (χ3n) is 2.60. The van der Waals surface area contributed by atoms with Crippen molar-refractivity contribution in [2.45, 2.75) is 19.0 Å². The van der Waals surface area contributed by atoms with E-state index in [0.717, 1.165) is 5.56 Å². The molecule has 0 amide bonds. The molecule has 4 nitrogen and oxygen atoms in total. The van der Waals surface area contributed by atoms with Crippen LogP contribution in [0.5, 0.6) is 0 Å². The molecule has 18 heavy (non-hydrogen) atoms. The Bertz CT molecular complexity index is 462. The van der Waals surface area contributed by atoms with Crippen LogP contribution in [0.15, 0.2) is 42.5 Å². The number of nitrogens with zero attached hydrogens (tertiary/aromatic N) is 1. The maximum absolute atomic E-state index is 11.4. The zero-order valence-corrected chi connectivity index (χ0v) is 10.5. The lowest BCUT2D eigenvalue weighted by Gasteiger charge is -2.21. The van der Waals surface area contributed by atoms with Gasteiger partial charge in [-0.15, -0.1) is 0 Å². The Morgan fingerprint density at radius 2 is 2.06 bits per heavy atom. The van der Waals surface area contributed by atoms with Gasteiger partial charge in [-0.25, -0.2) is 0 Å². The molecule has 94 valence electrons. The average Bonchev–Trinajstić information content (AvgIpc) is 2.43. The highest BCUT2D eigenvalue weighted by molar-refractivity contribution is 5.75. The van der Waals surface area contributed by atoms with Gasteiger partial charge >= 0.3 is 5.97 Å². The van der Waals surface area contributed by atoms with Crippen LogP contribution in [0.1, 0.15) is 18.5 Å². The van der Waals surface area contributed by atoms with E-state index in [1.165, 1.54) is 7.11 Å². The lowest BCUT2D eigenvalue weighted by Crippen LogP contribution is -2.38. The molecule has 0 aromatic heterocycles. The number of nitrogens with one attached hydrogen (secondary N) is 1. The number of carbonyl (C=O) groups excluding carboxylic acids is 1. The number of nitriles is 1. The van der Waals surface area contributed by atoms with Crippen LogP contribution < -0.4 is 5.32 Å². The molecule has 1 rings (SSSR count). The van der Waals surface area contributed by atoms with Crippen LogP contribution in [-0.2, 0) is 9.53 Å². The van der Waals surface area contributed by atoms with Gasteiger partial charge in [0.1, 0.15) is 6.04 Å². The summed E-state index contributed by atoms with van der Waals surface area (Å²) in [6.07, 6.45) is 0. The number of methoxy groups -OCH3 is 1. The van der Waals surface area contributed by atoms with E-state index in [9.17, 15) is 4.79 Å². The first-order valence-electron chi connectivity index (χ1n) is 5.58. The molecule has 0 saturated carbocycles. The second-order valence-electron chi connectivity index (χ2n) is 3.89. The Morgan fingerprint density at radius 3 is 2.56 bits per heavy atom. The summed E-state index contributed by atoms with van der Waals surface area (Å²) in [6.45, 7) is 5.40. The zero-order chi connectivity index (χ0) is 13.5. The van der Waals surface area contributed by atoms with Gasteiger partial charge in [0.15, 0.2) is 0 Å². The number of hydrogen-bond acceptors (Lipinski definition) is 4. The van der Waals surface area contributed by atoms with E-state index in [4.69, 9.17) is 5.26 Å². The van der Waals surface area contributed by atoms with Gasteiger partial charge in [-0.05, 0) is 12.5 Å². The van der Waals surface area contributed by atoms with Gasteiger partial charge in [0.2, 0.25) is 0 Å². The molecule has 0 heterocycles. The average molecular weight is 244 g/mol. The third-order valence-corrected chi connectivity index (χ3v) is 2.60. The first-order chi connectivity index (χ1) is 8.60. The number of hydrogen-bond donors (Lipinski definition) is 1. The Morgan fingerprint density at radius 1 is 1.44 bits per heavy atom. The van der Waals surface area contributed by atoms with Crippen LogP contribution in [0.2, 0.25) is 0 Å². The molecule has 1 aromatic carbocycles. The van der Waals surface area contributed by atoms with Crippen molar-refractivity contribution < 1.29 is 9.53 Å². The molecule has 0 aliphatic carbocycles. The van der Waals surface area contributed by atoms with Crippen molar-refractivity contribution in [3.05, 3.63) is 48.0 Å². The summed E-state index contributed by atoms with van der Waals surface area (Å²) in [7, 11) is 1.33. The van der Waals surface area contributed by atoms with E-state index in [1.54, 1.807) is 6.92 Å². The van der Waals surface area contributed by atoms with E-state index < -0.39 is 6.04 Å². The highest BCUT2D eigenvalue weighted by atomic mass is 16.5. The Labute approximate surface area is 107 Å². The predicted octanol–water partition coefficient (Wildman–Crippen LogP) is 1.96. The highest BCUT2D eigenvalue weighted by Gasteiger charge is 2.21. The molecule has 0 aliphatic heterocycles. The van der Waals surface area contributed by atoms with E-state index in [0.29, 0.717) is 5.57 Å². The first kappa shape index (κ1) is 13.9. The Kier molecular flexibility index (Phi) is 5.09. The second kappa shape index (κ2) is 6.58. The zero-order valence-electron chi connectivity index (χ0n) is 10.5. The van der Waals surface area contributed by atoms with Crippen molar-refractivity contribution in [1.82, 2.24) is 5.32 Å². The quantitative estimate of drug-likeness (QED) is 0.635. The van der Waals surface area contributed by atoms with Gasteiger partial charge in [0.25, 0.3) is 0 Å². The SMILES string of the molecule is C=C(C#N)C(N[C@@H](C)C(=O)OC)c1ccccc1. The molecule has 2 atom stereocenters. The van der Waals surface area contributed by atoms with Crippen LogP contribution in [0.3, 0.4) is 0 Å². The number of carbonyl (C=O) groups is 1. The molecular weight excluding hydrogens is 228 g/mol. The summed E-state index contributed by atoms with van der Waals surface area (Å²) in [4.78, 5) is 11.4. The summed E-state index contributed by atoms with van der Waals surface area (Å²) < 4.78 is 4.65. The molecule has 0 fully saturated rings. The smallest absolute Gasteiger partial charge is 0.322 e. The molecule has 0 spiro atoms. The van der Waals surface area contributed by atoms with Crippen LogP contribution >= 0.6 is 0 Å². The minimum absolute atomic E-state index is 0.358. The van der Waals surface area contributed by atoms with E-state index >= 15 is 0 Å². The predicted molar refractivity (Wildman–Crippen MR) is 68.5 cm³/mol. The van der Waals surface area contributed by atoms with Crippen molar-refractivity contribution >= 4 is 5.97 Å². The van der Waals surface area contributed by atoms with Gasteiger partial charge in [-0.3, -0.25) is 10.1 Å². The number of ether oxygens (including phenoxy) is 1. The minimum atomic E-state index is -0.509. The summed E-state index contributed by atoms with van der Waals surface area (Å²) >= 11 is 0. The van der Waals surface area contributed by atoms with Gasteiger partial charge in [0.05, 0.1) is 19.2 Å². The van der Waals surface area contributed by atoms with E-state index in [-0.39, 0.29) is 12.0 Å². The summed E-state index contributed by atoms with van der Waals surface area (Å²) in [5, 5.41) is 12.0. The molecule has 1 N–H and O–H groups in total. The summed E-state index contributed by atoms with van der Waals surface area (Å²) in [5.41, 5.74) is 1.25. The van der Waals surface area contributed by atoms with Crippen molar-refractivity contribution in [1.29, 1.82) is 5.26 Å². The van der Waals surface area contributed by atoms with Crippen LogP contribution in [0, 0.1) is 11.3 Å². The van der Waals surface area contributed by atoms with Gasteiger partial charge in [-0.2, -0.15) is 5.26 Å². The van der Waals surface area contributed by atoms with E-state index in [2.05, 4.69) is 16.6 Å². The lowest BCUT2D eigenvalue weighted by molar-refractivity contribution is -0.142. The minimum Gasteiger partial charge on any atom is -0.468 e. The summed E-state index contributed by atoms with van der Waals surface area (Å²) in [6, 6.07) is 10.5. The number of esters is 1. The Balaban J connectivity index is 2.91. The van der Waals surface area contributed by atoms with Crippen LogP contribution in [0.4, 0.5) is 0 Å². The molecule has 0 bridgehead atoms. The van der Waals surface area contributed by atoms with Gasteiger partial charge in [0, 0.05) is 5.57 Å².